The van der Waals surface area contributed by atoms with E-state index in [1.807, 2.05) is 0 Å². The Morgan fingerprint density at radius 1 is 1.29 bits per heavy atom. The number of alkyl halides is 1. The van der Waals surface area contributed by atoms with Crippen molar-refractivity contribution in [3.05, 3.63) is 42.1 Å². The molecule has 2 nitrogen and oxygen atoms in total. The molecule has 0 amide bonds. The Morgan fingerprint density at radius 2 is 2.00 bits per heavy atom. The van der Waals surface area contributed by atoms with Gasteiger partial charge in [0.15, 0.2) is 0 Å². The van der Waals surface area contributed by atoms with Gasteiger partial charge in [-0.15, -0.1) is 11.6 Å². The van der Waals surface area contributed by atoms with Crippen LogP contribution >= 0.6 is 11.6 Å². The maximum Gasteiger partial charge on any atom is 0.123 e. The molecule has 0 aliphatic rings. The number of nitrogens with one attached hydrogen (secondary N) is 1. The molecule has 0 bridgehead atoms. The van der Waals surface area contributed by atoms with Gasteiger partial charge in [-0.25, -0.2) is 9.37 Å². The molecule has 0 radical (unpaired) electrons. The maximum atomic E-state index is 12.6. The van der Waals surface area contributed by atoms with E-state index in [1.54, 1.807) is 18.3 Å². The first-order valence-corrected chi connectivity index (χ1v) is 4.69. The minimum Gasteiger partial charge on any atom is -0.341 e. The number of aromatic nitrogens is 2. The fraction of sp³-hybridized carbons (Fsp3) is 0.100. The van der Waals surface area contributed by atoms with Crippen molar-refractivity contribution in [2.75, 3.05) is 0 Å². The predicted molar refractivity (Wildman–Crippen MR) is 53.5 cm³/mol. The van der Waals surface area contributed by atoms with Gasteiger partial charge in [0, 0.05) is 0 Å². The van der Waals surface area contributed by atoms with Gasteiger partial charge >= 0.3 is 0 Å². The average Bonchev–Trinajstić information content (AvgIpc) is 2.67. The summed E-state index contributed by atoms with van der Waals surface area (Å²) in [4.78, 5) is 7.09. The molecule has 2 rings (SSSR count). The highest BCUT2D eigenvalue weighted by Crippen LogP contribution is 2.17. The second-order valence-electron chi connectivity index (χ2n) is 2.88. The minimum absolute atomic E-state index is 0.245. The minimum atomic E-state index is -0.245. The monoisotopic (exact) mass is 210 g/mol. The first kappa shape index (κ1) is 9.21. The highest BCUT2D eigenvalue weighted by molar-refractivity contribution is 6.16. The van der Waals surface area contributed by atoms with Crippen LogP contribution in [0.3, 0.4) is 0 Å². The Kier molecular flexibility index (Phi) is 2.50. The van der Waals surface area contributed by atoms with Crippen LogP contribution in [0, 0.1) is 5.82 Å². The standard InChI is InChI=1S/C10H8ClFN2/c11-5-10-13-6-9(14-10)7-1-3-8(12)4-2-7/h1-4,6H,5H2,(H,13,14). The van der Waals surface area contributed by atoms with E-state index in [4.69, 9.17) is 11.6 Å². The lowest BCUT2D eigenvalue weighted by Crippen LogP contribution is -1.81. The lowest BCUT2D eigenvalue weighted by molar-refractivity contribution is 0.628. The molecule has 1 heterocycles. The molecule has 0 saturated carbocycles. The highest BCUT2D eigenvalue weighted by Gasteiger charge is 2.01. The number of nitrogens with zero attached hydrogens (tertiary/aromatic N) is 1. The van der Waals surface area contributed by atoms with Crippen LogP contribution < -0.4 is 0 Å². The van der Waals surface area contributed by atoms with E-state index in [9.17, 15) is 4.39 Å². The molecule has 0 spiro atoms. The molecular weight excluding hydrogens is 203 g/mol. The van der Waals surface area contributed by atoms with Gasteiger partial charge < -0.3 is 4.98 Å². The number of halogens is 2. The van der Waals surface area contributed by atoms with E-state index in [1.165, 1.54) is 12.1 Å². The quantitative estimate of drug-likeness (QED) is 0.759. The Hall–Kier alpha value is -1.35. The summed E-state index contributed by atoms with van der Waals surface area (Å²) in [5, 5.41) is 0. The van der Waals surface area contributed by atoms with Gasteiger partial charge in [-0.1, -0.05) is 0 Å². The predicted octanol–water partition coefficient (Wildman–Crippen LogP) is 2.95. The van der Waals surface area contributed by atoms with E-state index in [2.05, 4.69) is 9.97 Å². The van der Waals surface area contributed by atoms with Gasteiger partial charge in [0.25, 0.3) is 0 Å². The van der Waals surface area contributed by atoms with Crippen molar-refractivity contribution in [1.29, 1.82) is 0 Å². The zero-order valence-corrected chi connectivity index (χ0v) is 8.05. The summed E-state index contributed by atoms with van der Waals surface area (Å²) < 4.78 is 12.6. The van der Waals surface area contributed by atoms with Crippen molar-refractivity contribution in [2.24, 2.45) is 0 Å². The van der Waals surface area contributed by atoms with Crippen molar-refractivity contribution in [3.63, 3.8) is 0 Å². The van der Waals surface area contributed by atoms with Gasteiger partial charge in [0.2, 0.25) is 0 Å². The van der Waals surface area contributed by atoms with E-state index in [-0.39, 0.29) is 5.82 Å². The lowest BCUT2D eigenvalue weighted by atomic mass is 10.2. The molecule has 0 aliphatic heterocycles. The van der Waals surface area contributed by atoms with Gasteiger partial charge in [0.1, 0.15) is 11.6 Å². The van der Waals surface area contributed by atoms with Crippen molar-refractivity contribution >= 4 is 11.6 Å². The van der Waals surface area contributed by atoms with Crippen LogP contribution in [-0.2, 0) is 5.88 Å². The van der Waals surface area contributed by atoms with E-state index in [0.717, 1.165) is 11.3 Å². The van der Waals surface area contributed by atoms with Gasteiger partial charge in [-0.3, -0.25) is 0 Å². The molecule has 0 unspecified atom stereocenters. The van der Waals surface area contributed by atoms with Crippen LogP contribution in [0.4, 0.5) is 4.39 Å². The molecule has 1 N–H and O–H groups in total. The van der Waals surface area contributed by atoms with Crippen LogP contribution in [0.5, 0.6) is 0 Å². The van der Waals surface area contributed by atoms with Crippen LogP contribution in [0.1, 0.15) is 5.82 Å². The number of H-pyrrole nitrogens is 1. The van der Waals surface area contributed by atoms with E-state index in [0.29, 0.717) is 11.7 Å². The third kappa shape index (κ3) is 1.77. The highest BCUT2D eigenvalue weighted by atomic mass is 35.5. The van der Waals surface area contributed by atoms with Crippen LogP contribution in [0.15, 0.2) is 30.5 Å². The topological polar surface area (TPSA) is 28.7 Å². The molecule has 72 valence electrons. The van der Waals surface area contributed by atoms with E-state index < -0.39 is 0 Å². The van der Waals surface area contributed by atoms with Crippen molar-refractivity contribution in [2.45, 2.75) is 5.88 Å². The summed E-state index contributed by atoms with van der Waals surface area (Å²) in [5.74, 6) is 0.818. The average molecular weight is 211 g/mol. The largest absolute Gasteiger partial charge is 0.341 e. The number of rotatable bonds is 2. The zero-order chi connectivity index (χ0) is 9.97. The van der Waals surface area contributed by atoms with Crippen LogP contribution in [-0.4, -0.2) is 9.97 Å². The third-order valence-corrected chi connectivity index (χ3v) is 2.16. The smallest absolute Gasteiger partial charge is 0.123 e. The molecule has 1 aromatic heterocycles. The molecule has 0 saturated heterocycles. The number of hydrogen-bond acceptors (Lipinski definition) is 1. The second-order valence-corrected chi connectivity index (χ2v) is 3.15. The number of aromatic amines is 1. The molecule has 14 heavy (non-hydrogen) atoms. The summed E-state index contributed by atoms with van der Waals surface area (Å²) in [6.07, 6.45) is 1.69. The number of imidazole rings is 1. The normalized spacial score (nSPS) is 10.4. The summed E-state index contributed by atoms with van der Waals surface area (Å²) in [6, 6.07) is 6.22. The van der Waals surface area contributed by atoms with Gasteiger partial charge in [-0.2, -0.15) is 0 Å². The first-order chi connectivity index (χ1) is 6.79. The summed E-state index contributed by atoms with van der Waals surface area (Å²) >= 11 is 5.60. The SMILES string of the molecule is Fc1ccc(-c2cnc(CCl)[nH]2)cc1. The molecule has 4 heteroatoms. The molecule has 0 atom stereocenters. The van der Waals surface area contributed by atoms with Crippen LogP contribution in [0.2, 0.25) is 0 Å². The molecule has 0 aliphatic carbocycles. The van der Waals surface area contributed by atoms with Gasteiger partial charge in [-0.05, 0) is 29.8 Å². The molecule has 1 aromatic carbocycles. The molecular formula is C10H8ClFN2. The van der Waals surface area contributed by atoms with E-state index >= 15 is 0 Å². The molecule has 0 fully saturated rings. The third-order valence-electron chi connectivity index (χ3n) is 1.91. The summed E-state index contributed by atoms with van der Waals surface area (Å²) in [7, 11) is 0. The van der Waals surface area contributed by atoms with Crippen molar-refractivity contribution < 1.29 is 4.39 Å². The molecule has 2 aromatic rings. The lowest BCUT2D eigenvalue weighted by Gasteiger charge is -1.95. The summed E-state index contributed by atoms with van der Waals surface area (Å²) in [5.41, 5.74) is 1.75. The fourth-order valence-corrected chi connectivity index (χ4v) is 1.34. The van der Waals surface area contributed by atoms with Crippen molar-refractivity contribution in [1.82, 2.24) is 9.97 Å². The van der Waals surface area contributed by atoms with Crippen LogP contribution in [0.25, 0.3) is 11.3 Å². The van der Waals surface area contributed by atoms with Gasteiger partial charge in [0.05, 0.1) is 17.8 Å². The second kappa shape index (κ2) is 3.80. The van der Waals surface area contributed by atoms with Crippen molar-refractivity contribution in [3.8, 4) is 11.3 Å². The Balaban J connectivity index is 2.34. The Labute approximate surface area is 85.8 Å². The summed E-state index contributed by atoms with van der Waals surface area (Å²) in [6.45, 7) is 0. The Bertz CT molecular complexity index is 422. The number of benzene rings is 1. The Morgan fingerprint density at radius 3 is 2.57 bits per heavy atom. The fourth-order valence-electron chi connectivity index (χ4n) is 1.21. The number of hydrogen-bond donors (Lipinski definition) is 1. The first-order valence-electron chi connectivity index (χ1n) is 4.15. The maximum absolute atomic E-state index is 12.6. The zero-order valence-electron chi connectivity index (χ0n) is 7.30.